The summed E-state index contributed by atoms with van der Waals surface area (Å²) in [5.41, 5.74) is -0.587. The van der Waals surface area contributed by atoms with Crippen LogP contribution in [0.15, 0.2) is 0 Å². The lowest BCUT2D eigenvalue weighted by Gasteiger charge is -2.22. The van der Waals surface area contributed by atoms with Gasteiger partial charge in [-0.25, -0.2) is 0 Å². The molecule has 18 heavy (non-hydrogen) atoms. The molecule has 0 atom stereocenters. The van der Waals surface area contributed by atoms with Crippen molar-refractivity contribution < 1.29 is 9.53 Å². The van der Waals surface area contributed by atoms with E-state index in [1.54, 1.807) is 0 Å². The Labute approximate surface area is 113 Å². The zero-order chi connectivity index (χ0) is 13.9. The molecular weight excluding hydrogens is 224 g/mol. The van der Waals surface area contributed by atoms with E-state index >= 15 is 0 Å². The van der Waals surface area contributed by atoms with E-state index in [9.17, 15) is 4.79 Å². The van der Waals surface area contributed by atoms with Crippen molar-refractivity contribution in [3.05, 3.63) is 0 Å². The van der Waals surface area contributed by atoms with Gasteiger partial charge in [0.2, 0.25) is 0 Å². The molecular formula is C16H32O2. The molecule has 0 rings (SSSR count). The van der Waals surface area contributed by atoms with Crippen molar-refractivity contribution in [3.8, 4) is 0 Å². The van der Waals surface area contributed by atoms with Gasteiger partial charge in [0.1, 0.15) is 5.60 Å². The van der Waals surface area contributed by atoms with Crippen LogP contribution in [0.3, 0.4) is 0 Å². The number of unbranched alkanes of at least 4 members (excludes halogenated alkanes) is 7. The average molecular weight is 256 g/mol. The molecule has 0 aromatic carbocycles. The fraction of sp³-hybridized carbons (Fsp3) is 0.938. The molecule has 0 aromatic rings. The maximum atomic E-state index is 11.9. The zero-order valence-corrected chi connectivity index (χ0v) is 12.9. The van der Waals surface area contributed by atoms with Crippen molar-refractivity contribution in [1.82, 2.24) is 0 Å². The Morgan fingerprint density at radius 1 is 0.889 bits per heavy atom. The Hall–Kier alpha value is -0.370. The number of ether oxygens (including phenoxy) is 1. The lowest BCUT2D eigenvalue weighted by Crippen LogP contribution is -2.34. The van der Waals surface area contributed by atoms with Crippen LogP contribution < -0.4 is 0 Å². The van der Waals surface area contributed by atoms with Crippen LogP contribution in [0.1, 0.15) is 85.5 Å². The molecule has 0 saturated heterocycles. The predicted octanol–water partition coefficient (Wildman–Crippen LogP) is 4.90. The van der Waals surface area contributed by atoms with E-state index in [2.05, 4.69) is 6.92 Å². The molecule has 2 nitrogen and oxygen atoms in total. The highest BCUT2D eigenvalue weighted by molar-refractivity contribution is 5.86. The third-order valence-corrected chi connectivity index (χ3v) is 3.43. The molecule has 0 radical (unpaired) electrons. The smallest absolute Gasteiger partial charge is 0.164 e. The zero-order valence-electron chi connectivity index (χ0n) is 12.9. The summed E-state index contributed by atoms with van der Waals surface area (Å²) in [7, 11) is 0. The van der Waals surface area contributed by atoms with Crippen LogP contribution in [0.25, 0.3) is 0 Å². The van der Waals surface area contributed by atoms with Gasteiger partial charge < -0.3 is 4.74 Å². The van der Waals surface area contributed by atoms with Crippen molar-refractivity contribution in [3.63, 3.8) is 0 Å². The van der Waals surface area contributed by atoms with Crippen LogP contribution in [0.5, 0.6) is 0 Å². The molecule has 108 valence electrons. The lowest BCUT2D eigenvalue weighted by atomic mass is 9.97. The van der Waals surface area contributed by atoms with E-state index in [0.717, 1.165) is 6.42 Å². The van der Waals surface area contributed by atoms with Gasteiger partial charge in [-0.15, -0.1) is 0 Å². The minimum absolute atomic E-state index is 0.246. The molecule has 0 aliphatic carbocycles. The molecule has 0 N–H and O–H groups in total. The molecule has 0 aromatic heterocycles. The van der Waals surface area contributed by atoms with Gasteiger partial charge in [0.15, 0.2) is 5.78 Å². The van der Waals surface area contributed by atoms with Gasteiger partial charge in [-0.2, -0.15) is 0 Å². The Bertz CT molecular complexity index is 209. The van der Waals surface area contributed by atoms with Gasteiger partial charge in [0.05, 0.1) is 0 Å². The molecule has 2 heteroatoms. The quantitative estimate of drug-likeness (QED) is 0.464. The Morgan fingerprint density at radius 2 is 1.39 bits per heavy atom. The minimum Gasteiger partial charge on any atom is -0.368 e. The van der Waals surface area contributed by atoms with E-state index in [4.69, 9.17) is 4.74 Å². The molecule has 0 spiro atoms. The van der Waals surface area contributed by atoms with E-state index in [0.29, 0.717) is 13.0 Å². The lowest BCUT2D eigenvalue weighted by molar-refractivity contribution is -0.139. The van der Waals surface area contributed by atoms with E-state index in [-0.39, 0.29) is 5.78 Å². The van der Waals surface area contributed by atoms with Gasteiger partial charge in [-0.05, 0) is 27.2 Å². The highest BCUT2D eigenvalue weighted by Crippen LogP contribution is 2.16. The summed E-state index contributed by atoms with van der Waals surface area (Å²) in [6.45, 7) is 8.54. The number of hydrogen-bond acceptors (Lipinski definition) is 2. The first-order valence-electron chi connectivity index (χ1n) is 7.71. The number of carbonyl (C=O) groups is 1. The summed E-state index contributed by atoms with van der Waals surface area (Å²) >= 11 is 0. The largest absolute Gasteiger partial charge is 0.368 e. The predicted molar refractivity (Wildman–Crippen MR) is 77.9 cm³/mol. The van der Waals surface area contributed by atoms with Gasteiger partial charge >= 0.3 is 0 Å². The summed E-state index contributed by atoms with van der Waals surface area (Å²) in [6.07, 6.45) is 10.8. The molecule has 0 aliphatic heterocycles. The van der Waals surface area contributed by atoms with Crippen molar-refractivity contribution >= 4 is 5.78 Å². The van der Waals surface area contributed by atoms with Gasteiger partial charge in [0.25, 0.3) is 0 Å². The summed E-state index contributed by atoms with van der Waals surface area (Å²) in [6, 6.07) is 0. The Kier molecular flexibility index (Phi) is 10.3. The van der Waals surface area contributed by atoms with Gasteiger partial charge in [-0.3, -0.25) is 4.79 Å². The second kappa shape index (κ2) is 10.5. The number of carbonyl (C=O) groups excluding carboxylic acids is 1. The van der Waals surface area contributed by atoms with Crippen molar-refractivity contribution in [1.29, 1.82) is 0 Å². The monoisotopic (exact) mass is 256 g/mol. The van der Waals surface area contributed by atoms with Crippen LogP contribution in [0.4, 0.5) is 0 Å². The second-order valence-corrected chi connectivity index (χ2v) is 5.59. The second-order valence-electron chi connectivity index (χ2n) is 5.59. The number of hydrogen-bond donors (Lipinski definition) is 0. The van der Waals surface area contributed by atoms with Gasteiger partial charge in [0, 0.05) is 13.0 Å². The molecule has 0 unspecified atom stereocenters. The van der Waals surface area contributed by atoms with Gasteiger partial charge in [-0.1, -0.05) is 51.9 Å². The SMILES string of the molecule is CCCCCCCCCCC(=O)C(C)(C)OCC. The number of rotatable bonds is 12. The maximum Gasteiger partial charge on any atom is 0.164 e. The van der Waals surface area contributed by atoms with E-state index in [1.165, 1.54) is 44.9 Å². The highest BCUT2D eigenvalue weighted by atomic mass is 16.5. The first-order valence-corrected chi connectivity index (χ1v) is 7.71. The normalized spacial score (nSPS) is 11.8. The molecule has 0 amide bonds. The summed E-state index contributed by atoms with van der Waals surface area (Å²) in [5.74, 6) is 0.246. The summed E-state index contributed by atoms with van der Waals surface area (Å²) < 4.78 is 5.46. The standard InChI is InChI=1S/C16H32O2/c1-5-7-8-9-10-11-12-13-14-15(17)16(3,4)18-6-2/h5-14H2,1-4H3. The van der Waals surface area contributed by atoms with Crippen LogP contribution >= 0.6 is 0 Å². The third kappa shape index (κ3) is 8.68. The summed E-state index contributed by atoms with van der Waals surface area (Å²) in [4.78, 5) is 11.9. The molecule has 0 bridgehead atoms. The van der Waals surface area contributed by atoms with E-state index in [1.807, 2.05) is 20.8 Å². The topological polar surface area (TPSA) is 26.3 Å². The summed E-state index contributed by atoms with van der Waals surface area (Å²) in [5, 5.41) is 0. The van der Waals surface area contributed by atoms with Crippen LogP contribution in [0, 0.1) is 0 Å². The Balaban J connectivity index is 3.46. The molecule has 0 fully saturated rings. The van der Waals surface area contributed by atoms with Crippen molar-refractivity contribution in [2.45, 2.75) is 91.1 Å². The minimum atomic E-state index is -0.587. The fourth-order valence-electron chi connectivity index (χ4n) is 2.16. The van der Waals surface area contributed by atoms with Crippen LogP contribution in [0.2, 0.25) is 0 Å². The first kappa shape index (κ1) is 17.6. The fourth-order valence-corrected chi connectivity index (χ4v) is 2.16. The maximum absolute atomic E-state index is 11.9. The molecule has 0 aliphatic rings. The molecule has 0 saturated carbocycles. The number of Topliss-reactive ketones (excluding diaryl/α,β-unsaturated/α-hetero) is 1. The van der Waals surface area contributed by atoms with E-state index < -0.39 is 5.60 Å². The van der Waals surface area contributed by atoms with Crippen molar-refractivity contribution in [2.24, 2.45) is 0 Å². The highest BCUT2D eigenvalue weighted by Gasteiger charge is 2.26. The first-order chi connectivity index (χ1) is 8.54. The van der Waals surface area contributed by atoms with Crippen molar-refractivity contribution in [2.75, 3.05) is 6.61 Å². The average Bonchev–Trinajstić information content (AvgIpc) is 2.32. The van der Waals surface area contributed by atoms with Crippen LogP contribution in [-0.2, 0) is 9.53 Å². The number of ketones is 1. The molecule has 0 heterocycles. The van der Waals surface area contributed by atoms with Crippen LogP contribution in [-0.4, -0.2) is 18.0 Å². The Morgan fingerprint density at radius 3 is 1.89 bits per heavy atom. The third-order valence-electron chi connectivity index (χ3n) is 3.43.